The van der Waals surface area contributed by atoms with Gasteiger partial charge in [-0.25, -0.2) is 12.8 Å². The Morgan fingerprint density at radius 2 is 1.84 bits per heavy atom. The Labute approximate surface area is 187 Å². The number of benzene rings is 2. The third kappa shape index (κ3) is 6.18. The first kappa shape index (κ1) is 24.0. The van der Waals surface area contributed by atoms with Gasteiger partial charge in [-0.3, -0.25) is 4.79 Å². The highest BCUT2D eigenvalue weighted by Gasteiger charge is 2.26. The fourth-order valence-corrected chi connectivity index (χ4v) is 4.52. The van der Waals surface area contributed by atoms with Crippen molar-refractivity contribution >= 4 is 15.9 Å². The number of carbonyl (C=O) groups is 1. The fraction of sp³-hybridized carbons (Fsp3) is 0.409. The van der Waals surface area contributed by atoms with Crippen molar-refractivity contribution in [2.75, 3.05) is 39.5 Å². The van der Waals surface area contributed by atoms with Crippen LogP contribution < -0.4 is 14.8 Å². The Kier molecular flexibility index (Phi) is 8.43. The molecule has 0 aliphatic carbocycles. The van der Waals surface area contributed by atoms with Gasteiger partial charge in [-0.2, -0.15) is 4.31 Å². The van der Waals surface area contributed by atoms with Gasteiger partial charge >= 0.3 is 0 Å². The van der Waals surface area contributed by atoms with Crippen LogP contribution in [0.5, 0.6) is 11.5 Å². The zero-order valence-electron chi connectivity index (χ0n) is 17.8. The Morgan fingerprint density at radius 1 is 1.16 bits per heavy atom. The Bertz CT molecular complexity index is 994. The van der Waals surface area contributed by atoms with Gasteiger partial charge in [0.2, 0.25) is 10.0 Å². The average Bonchev–Trinajstić information content (AvgIpc) is 2.82. The van der Waals surface area contributed by atoms with Crippen LogP contribution >= 0.6 is 0 Å². The minimum atomic E-state index is -3.56. The Hall–Kier alpha value is -2.69. The van der Waals surface area contributed by atoms with Crippen LogP contribution in [0, 0.1) is 5.82 Å². The summed E-state index contributed by atoms with van der Waals surface area (Å²) in [6, 6.07) is 12.1. The molecule has 1 N–H and O–H groups in total. The van der Waals surface area contributed by atoms with E-state index in [1.807, 2.05) is 0 Å². The number of nitrogens with zero attached hydrogens (tertiary/aromatic N) is 1. The molecule has 0 saturated carbocycles. The second kappa shape index (κ2) is 11.3. The molecule has 3 rings (SSSR count). The van der Waals surface area contributed by atoms with Crippen molar-refractivity contribution < 1.29 is 31.8 Å². The Balaban J connectivity index is 1.45. The van der Waals surface area contributed by atoms with Crippen LogP contribution in [0.1, 0.15) is 13.3 Å². The maximum atomic E-state index is 13.7. The molecule has 8 nitrogen and oxygen atoms in total. The number of ether oxygens (including phenoxy) is 3. The largest absolute Gasteiger partial charge is 0.492 e. The quantitative estimate of drug-likeness (QED) is 0.540. The third-order valence-electron chi connectivity index (χ3n) is 4.87. The number of para-hydroxylation sites is 1. The zero-order valence-corrected chi connectivity index (χ0v) is 18.6. The highest BCUT2D eigenvalue weighted by Crippen LogP contribution is 2.21. The van der Waals surface area contributed by atoms with Gasteiger partial charge in [0.25, 0.3) is 5.91 Å². The molecule has 0 aromatic heterocycles. The molecular formula is C22H27FN2O6S. The van der Waals surface area contributed by atoms with Crippen LogP contribution in [0.3, 0.4) is 0 Å². The van der Waals surface area contributed by atoms with Crippen molar-refractivity contribution in [1.29, 1.82) is 0 Å². The molecule has 32 heavy (non-hydrogen) atoms. The molecule has 1 amide bonds. The molecule has 1 aliphatic heterocycles. The standard InChI is InChI=1S/C22H27FN2O6S/c1-2-20(31-21-6-4-3-5-19(21)23)22(26)24-11-14-30-17-7-9-18(10-8-17)32(27,28)25-12-15-29-16-13-25/h3-10,20H,2,11-16H2,1H3,(H,24,26). The highest BCUT2D eigenvalue weighted by molar-refractivity contribution is 7.89. The number of amides is 1. The predicted octanol–water partition coefficient (Wildman–Crippen LogP) is 2.20. The van der Waals surface area contributed by atoms with E-state index in [1.165, 1.54) is 28.6 Å². The number of rotatable bonds is 10. The van der Waals surface area contributed by atoms with Gasteiger partial charge in [-0.15, -0.1) is 0 Å². The van der Waals surface area contributed by atoms with Gasteiger partial charge in [-0.05, 0) is 42.8 Å². The lowest BCUT2D eigenvalue weighted by molar-refractivity contribution is -0.128. The topological polar surface area (TPSA) is 94.2 Å². The molecule has 0 spiro atoms. The summed E-state index contributed by atoms with van der Waals surface area (Å²) in [6.45, 7) is 3.60. The number of halogens is 1. The molecule has 1 saturated heterocycles. The van der Waals surface area contributed by atoms with Gasteiger partial charge in [0, 0.05) is 13.1 Å². The van der Waals surface area contributed by atoms with E-state index in [4.69, 9.17) is 14.2 Å². The highest BCUT2D eigenvalue weighted by atomic mass is 32.2. The second-order valence-electron chi connectivity index (χ2n) is 7.07. The van der Waals surface area contributed by atoms with Crippen molar-refractivity contribution in [3.05, 3.63) is 54.3 Å². The van der Waals surface area contributed by atoms with E-state index >= 15 is 0 Å². The summed E-state index contributed by atoms with van der Waals surface area (Å²) in [5.74, 6) is -0.389. The van der Waals surface area contributed by atoms with Crippen molar-refractivity contribution in [3.8, 4) is 11.5 Å². The van der Waals surface area contributed by atoms with Crippen molar-refractivity contribution in [2.24, 2.45) is 0 Å². The first-order chi connectivity index (χ1) is 15.4. The summed E-state index contributed by atoms with van der Waals surface area (Å²) < 4.78 is 56.6. The van der Waals surface area contributed by atoms with Crippen LogP contribution in [-0.2, 0) is 19.6 Å². The van der Waals surface area contributed by atoms with E-state index in [0.717, 1.165) is 0 Å². The van der Waals surface area contributed by atoms with Gasteiger partial charge < -0.3 is 19.5 Å². The number of sulfonamides is 1. The number of carbonyl (C=O) groups excluding carboxylic acids is 1. The molecule has 1 heterocycles. The van der Waals surface area contributed by atoms with Crippen molar-refractivity contribution in [2.45, 2.75) is 24.3 Å². The molecule has 0 bridgehead atoms. The minimum Gasteiger partial charge on any atom is -0.492 e. The number of hydrogen-bond acceptors (Lipinski definition) is 6. The van der Waals surface area contributed by atoms with Crippen molar-refractivity contribution in [3.63, 3.8) is 0 Å². The maximum absolute atomic E-state index is 13.7. The second-order valence-corrected chi connectivity index (χ2v) is 9.01. The van der Waals surface area contributed by atoms with Crippen LogP contribution in [0.4, 0.5) is 4.39 Å². The Morgan fingerprint density at radius 3 is 2.50 bits per heavy atom. The number of morpholine rings is 1. The number of hydrogen-bond donors (Lipinski definition) is 1. The first-order valence-corrected chi connectivity index (χ1v) is 11.9. The van der Waals surface area contributed by atoms with E-state index in [-0.39, 0.29) is 29.7 Å². The van der Waals surface area contributed by atoms with E-state index in [2.05, 4.69) is 5.32 Å². The van der Waals surface area contributed by atoms with Crippen LogP contribution in [0.25, 0.3) is 0 Å². The van der Waals surface area contributed by atoms with Gasteiger partial charge in [0.1, 0.15) is 12.4 Å². The molecule has 0 radical (unpaired) electrons. The average molecular weight is 467 g/mol. The summed E-state index contributed by atoms with van der Waals surface area (Å²) in [7, 11) is -3.56. The SMILES string of the molecule is CCC(Oc1ccccc1F)C(=O)NCCOc1ccc(S(=O)(=O)N2CCOCC2)cc1. The molecular weight excluding hydrogens is 439 g/mol. The summed E-state index contributed by atoms with van der Waals surface area (Å²) in [6.07, 6.45) is -0.448. The molecule has 2 aromatic carbocycles. The summed E-state index contributed by atoms with van der Waals surface area (Å²) in [5.41, 5.74) is 0. The summed E-state index contributed by atoms with van der Waals surface area (Å²) >= 11 is 0. The molecule has 1 unspecified atom stereocenters. The van der Waals surface area contributed by atoms with Crippen LogP contribution in [-0.4, -0.2) is 64.2 Å². The summed E-state index contributed by atoms with van der Waals surface area (Å²) in [4.78, 5) is 12.5. The molecule has 2 aromatic rings. The lowest BCUT2D eigenvalue weighted by Crippen LogP contribution is -2.40. The first-order valence-electron chi connectivity index (χ1n) is 10.4. The number of nitrogens with one attached hydrogen (secondary N) is 1. The van der Waals surface area contributed by atoms with Gasteiger partial charge in [0.05, 0.1) is 24.7 Å². The maximum Gasteiger partial charge on any atom is 0.261 e. The third-order valence-corrected chi connectivity index (χ3v) is 6.78. The van der Waals surface area contributed by atoms with Gasteiger partial charge in [-0.1, -0.05) is 19.1 Å². The van der Waals surface area contributed by atoms with E-state index in [0.29, 0.717) is 38.5 Å². The zero-order chi connectivity index (χ0) is 23.0. The molecule has 1 aliphatic rings. The van der Waals surface area contributed by atoms with E-state index in [1.54, 1.807) is 31.2 Å². The minimum absolute atomic E-state index is 0.0258. The van der Waals surface area contributed by atoms with Gasteiger partial charge in [0.15, 0.2) is 17.7 Å². The molecule has 1 atom stereocenters. The van der Waals surface area contributed by atoms with Crippen LogP contribution in [0.2, 0.25) is 0 Å². The molecule has 10 heteroatoms. The van der Waals surface area contributed by atoms with Crippen LogP contribution in [0.15, 0.2) is 53.4 Å². The molecule has 1 fully saturated rings. The lowest BCUT2D eigenvalue weighted by Gasteiger charge is -2.26. The predicted molar refractivity (Wildman–Crippen MR) is 116 cm³/mol. The van der Waals surface area contributed by atoms with Crippen molar-refractivity contribution in [1.82, 2.24) is 9.62 Å². The summed E-state index contributed by atoms with van der Waals surface area (Å²) in [5, 5.41) is 2.70. The molecule has 174 valence electrons. The normalized spacial score (nSPS) is 15.7. The smallest absolute Gasteiger partial charge is 0.261 e. The van der Waals surface area contributed by atoms with E-state index < -0.39 is 21.9 Å². The fourth-order valence-electron chi connectivity index (χ4n) is 3.12. The lowest BCUT2D eigenvalue weighted by atomic mass is 10.2. The monoisotopic (exact) mass is 466 g/mol. The van der Waals surface area contributed by atoms with E-state index in [9.17, 15) is 17.6 Å².